The van der Waals surface area contributed by atoms with E-state index >= 15 is 0 Å². The molecular weight excluding hydrogens is 380 g/mol. The Morgan fingerprint density at radius 1 is 0.920 bits per heavy atom. The second-order valence-electron chi connectivity index (χ2n) is 5.52. The number of H-pyrrole nitrogens is 1. The van der Waals surface area contributed by atoms with Gasteiger partial charge in [-0.05, 0) is 48.5 Å². The number of aromatic amines is 1. The van der Waals surface area contributed by atoms with Gasteiger partial charge < -0.3 is 9.72 Å². The largest absolute Gasteiger partial charge is 0.457 e. The minimum atomic E-state index is -0.144. The Hall–Kier alpha value is -2.92. The van der Waals surface area contributed by atoms with Crippen LogP contribution in [0.3, 0.4) is 0 Å². The lowest BCUT2D eigenvalue weighted by molar-refractivity contribution is 0.103. The molecule has 1 aromatic heterocycles. The Morgan fingerprint density at radius 2 is 1.68 bits per heavy atom. The zero-order valence-corrected chi connectivity index (χ0v) is 14.7. The topological polar surface area (TPSA) is 55.0 Å². The maximum absolute atomic E-state index is 12.6. The van der Waals surface area contributed by atoms with Gasteiger partial charge in [0.25, 0.3) is 0 Å². The normalized spacial score (nSPS) is 10.8. The van der Waals surface area contributed by atoms with Crippen LogP contribution in [-0.2, 0) is 0 Å². The molecule has 0 aliphatic carbocycles. The van der Waals surface area contributed by atoms with Gasteiger partial charge in [0.1, 0.15) is 11.5 Å². The van der Waals surface area contributed by atoms with Gasteiger partial charge in [-0.15, -0.1) is 0 Å². The number of para-hydroxylation sites is 1. The van der Waals surface area contributed by atoms with Crippen molar-refractivity contribution in [2.45, 2.75) is 0 Å². The Labute approximate surface area is 152 Å². The molecule has 0 radical (unpaired) electrons. The number of benzene rings is 3. The molecule has 1 heterocycles. The second-order valence-corrected chi connectivity index (χ2v) is 6.43. The summed E-state index contributed by atoms with van der Waals surface area (Å²) in [4.78, 5) is 20.0. The summed E-state index contributed by atoms with van der Waals surface area (Å²) in [5.41, 5.74) is 2.07. The van der Waals surface area contributed by atoms with E-state index in [9.17, 15) is 4.79 Å². The number of nitrogens with one attached hydrogen (secondary N) is 1. The fourth-order valence-electron chi connectivity index (χ4n) is 2.52. The third-order valence-corrected chi connectivity index (χ3v) is 4.28. The number of aromatic nitrogens is 2. The first-order valence-electron chi connectivity index (χ1n) is 7.72. The number of carbonyl (C=O) groups excluding carboxylic acids is 1. The van der Waals surface area contributed by atoms with Crippen LogP contribution in [0.1, 0.15) is 16.2 Å². The number of fused-ring (bicyclic) bond motifs is 1. The van der Waals surface area contributed by atoms with Crippen LogP contribution in [0.2, 0.25) is 0 Å². The summed E-state index contributed by atoms with van der Waals surface area (Å²) >= 11 is 3.37. The van der Waals surface area contributed by atoms with Crippen molar-refractivity contribution < 1.29 is 9.53 Å². The molecule has 0 aliphatic heterocycles. The monoisotopic (exact) mass is 392 g/mol. The zero-order chi connectivity index (χ0) is 17.2. The van der Waals surface area contributed by atoms with E-state index in [0.717, 1.165) is 21.3 Å². The molecule has 0 amide bonds. The molecule has 0 fully saturated rings. The fourth-order valence-corrected chi connectivity index (χ4v) is 2.79. The molecule has 4 rings (SSSR count). The molecule has 0 atom stereocenters. The Kier molecular flexibility index (Phi) is 4.07. The van der Waals surface area contributed by atoms with Crippen LogP contribution in [-0.4, -0.2) is 15.8 Å². The van der Waals surface area contributed by atoms with E-state index in [1.807, 2.05) is 60.7 Å². The van der Waals surface area contributed by atoms with Crippen LogP contribution in [0.5, 0.6) is 11.5 Å². The van der Waals surface area contributed by atoms with Gasteiger partial charge in [-0.1, -0.05) is 34.1 Å². The molecule has 0 bridgehead atoms. The molecule has 0 saturated carbocycles. The fraction of sp³-hybridized carbons (Fsp3) is 0. The molecule has 1 N–H and O–H groups in total. The maximum Gasteiger partial charge on any atom is 0.228 e. The Balaban J connectivity index is 1.64. The molecule has 0 saturated heterocycles. The van der Waals surface area contributed by atoms with E-state index in [1.165, 1.54) is 0 Å². The highest BCUT2D eigenvalue weighted by Crippen LogP contribution is 2.25. The molecule has 0 spiro atoms. The molecule has 122 valence electrons. The van der Waals surface area contributed by atoms with E-state index in [4.69, 9.17) is 4.74 Å². The molecule has 0 aliphatic rings. The summed E-state index contributed by atoms with van der Waals surface area (Å²) in [5.74, 6) is 1.61. The quantitative estimate of drug-likeness (QED) is 0.476. The third kappa shape index (κ3) is 3.32. The van der Waals surface area contributed by atoms with Crippen LogP contribution in [0.4, 0.5) is 0 Å². The van der Waals surface area contributed by atoms with Gasteiger partial charge in [0.15, 0.2) is 5.82 Å². The summed E-state index contributed by atoms with van der Waals surface area (Å²) in [6, 6.07) is 22.3. The first kappa shape index (κ1) is 15.6. The van der Waals surface area contributed by atoms with Crippen molar-refractivity contribution in [3.8, 4) is 11.5 Å². The lowest BCUT2D eigenvalue weighted by Gasteiger charge is -2.04. The number of imidazole rings is 1. The first-order valence-corrected chi connectivity index (χ1v) is 8.51. The molecule has 4 nitrogen and oxygen atoms in total. The number of nitrogens with zero attached hydrogens (tertiary/aromatic N) is 1. The lowest BCUT2D eigenvalue weighted by atomic mass is 10.1. The summed E-state index contributed by atoms with van der Waals surface area (Å²) in [6.07, 6.45) is 0. The van der Waals surface area contributed by atoms with Crippen LogP contribution >= 0.6 is 15.9 Å². The van der Waals surface area contributed by atoms with E-state index in [-0.39, 0.29) is 5.78 Å². The smallest absolute Gasteiger partial charge is 0.228 e. The predicted octanol–water partition coefficient (Wildman–Crippen LogP) is 5.35. The molecule has 4 aromatic rings. The Bertz CT molecular complexity index is 1040. The van der Waals surface area contributed by atoms with E-state index < -0.39 is 0 Å². The first-order chi connectivity index (χ1) is 12.2. The highest BCUT2D eigenvalue weighted by molar-refractivity contribution is 9.10. The van der Waals surface area contributed by atoms with Gasteiger partial charge in [0, 0.05) is 16.1 Å². The highest BCUT2D eigenvalue weighted by atomic mass is 79.9. The number of halogens is 1. The average molecular weight is 393 g/mol. The zero-order valence-electron chi connectivity index (χ0n) is 13.1. The van der Waals surface area contributed by atoms with Crippen molar-refractivity contribution in [2.24, 2.45) is 0 Å². The van der Waals surface area contributed by atoms with Crippen molar-refractivity contribution in [1.29, 1.82) is 0 Å². The number of hydrogen-bond acceptors (Lipinski definition) is 3. The number of ether oxygens (including phenoxy) is 1. The summed E-state index contributed by atoms with van der Waals surface area (Å²) in [7, 11) is 0. The minimum absolute atomic E-state index is 0.144. The van der Waals surface area contributed by atoms with Gasteiger partial charge in [0.05, 0.1) is 11.0 Å². The highest BCUT2D eigenvalue weighted by Gasteiger charge is 2.14. The number of carbonyl (C=O) groups is 1. The predicted molar refractivity (Wildman–Crippen MR) is 100 cm³/mol. The average Bonchev–Trinajstić information content (AvgIpc) is 3.06. The van der Waals surface area contributed by atoms with Gasteiger partial charge >= 0.3 is 0 Å². The van der Waals surface area contributed by atoms with Gasteiger partial charge in [-0.25, -0.2) is 4.98 Å². The lowest BCUT2D eigenvalue weighted by Crippen LogP contribution is -2.03. The van der Waals surface area contributed by atoms with Crippen LogP contribution in [0.15, 0.2) is 77.3 Å². The summed E-state index contributed by atoms with van der Waals surface area (Å²) < 4.78 is 6.74. The summed E-state index contributed by atoms with van der Waals surface area (Å²) in [6.45, 7) is 0. The van der Waals surface area contributed by atoms with Crippen LogP contribution < -0.4 is 4.74 Å². The molecule has 3 aromatic carbocycles. The maximum atomic E-state index is 12.6. The SMILES string of the molecule is O=C(c1ccc(Br)cc1)c1nc2ccc(Oc3ccccc3)cc2[nH]1. The van der Waals surface area contributed by atoms with Crippen molar-refractivity contribution in [2.75, 3.05) is 0 Å². The Morgan fingerprint density at radius 3 is 2.44 bits per heavy atom. The van der Waals surface area contributed by atoms with Crippen molar-refractivity contribution in [3.63, 3.8) is 0 Å². The number of rotatable bonds is 4. The van der Waals surface area contributed by atoms with Gasteiger partial charge in [0.2, 0.25) is 5.78 Å². The van der Waals surface area contributed by atoms with Crippen molar-refractivity contribution >= 4 is 32.7 Å². The molecule has 0 unspecified atom stereocenters. The van der Waals surface area contributed by atoms with Crippen LogP contribution in [0, 0.1) is 0 Å². The number of hydrogen-bond donors (Lipinski definition) is 1. The second kappa shape index (κ2) is 6.53. The van der Waals surface area contributed by atoms with Crippen LogP contribution in [0.25, 0.3) is 11.0 Å². The van der Waals surface area contributed by atoms with Gasteiger partial charge in [-0.3, -0.25) is 4.79 Å². The number of ketones is 1. The van der Waals surface area contributed by atoms with Crippen molar-refractivity contribution in [1.82, 2.24) is 9.97 Å². The van der Waals surface area contributed by atoms with Crippen molar-refractivity contribution in [3.05, 3.63) is 88.7 Å². The standard InChI is InChI=1S/C20H13BrN2O2/c21-14-8-6-13(7-9-14)19(24)20-22-17-11-10-16(12-18(17)23-20)25-15-4-2-1-3-5-15/h1-12H,(H,22,23). The molecule has 25 heavy (non-hydrogen) atoms. The van der Waals surface area contributed by atoms with Gasteiger partial charge in [-0.2, -0.15) is 0 Å². The van der Waals surface area contributed by atoms with E-state index in [1.54, 1.807) is 12.1 Å². The van der Waals surface area contributed by atoms with E-state index in [2.05, 4.69) is 25.9 Å². The third-order valence-electron chi connectivity index (χ3n) is 3.75. The molecular formula is C20H13BrN2O2. The van der Waals surface area contributed by atoms with E-state index in [0.29, 0.717) is 17.1 Å². The summed E-state index contributed by atoms with van der Waals surface area (Å²) in [5, 5.41) is 0. The minimum Gasteiger partial charge on any atom is -0.457 e. The molecule has 5 heteroatoms.